The van der Waals surface area contributed by atoms with Gasteiger partial charge in [0, 0.05) is 11.1 Å². The Hall–Kier alpha value is -0.530. The van der Waals surface area contributed by atoms with Gasteiger partial charge in [0.1, 0.15) is 0 Å². The number of unbranched alkanes of at least 4 members (excludes halogenated alkanes) is 1. The molecule has 1 nitrogen and oxygen atoms in total. The second kappa shape index (κ2) is 10.2. The Balaban J connectivity index is 2.79. The Kier molecular flexibility index (Phi) is 9.03. The zero-order chi connectivity index (χ0) is 15.7. The van der Waals surface area contributed by atoms with Gasteiger partial charge in [-0.3, -0.25) is 0 Å². The molecule has 0 bridgehead atoms. The van der Waals surface area contributed by atoms with Gasteiger partial charge in [-0.05, 0) is 55.8 Å². The second-order valence-electron chi connectivity index (χ2n) is 6.17. The summed E-state index contributed by atoms with van der Waals surface area (Å²) in [7, 11) is 0. The molecule has 0 radical (unpaired) electrons. The van der Waals surface area contributed by atoms with Crippen LogP contribution in [0, 0.1) is 12.8 Å². The van der Waals surface area contributed by atoms with E-state index >= 15 is 0 Å². The monoisotopic (exact) mass is 309 g/mol. The molecule has 21 heavy (non-hydrogen) atoms. The molecule has 1 aromatic rings. The van der Waals surface area contributed by atoms with Gasteiger partial charge >= 0.3 is 0 Å². The van der Waals surface area contributed by atoms with Gasteiger partial charge in [0.25, 0.3) is 0 Å². The number of hydrogen-bond acceptors (Lipinski definition) is 1. The van der Waals surface area contributed by atoms with Gasteiger partial charge in [0.15, 0.2) is 0 Å². The van der Waals surface area contributed by atoms with Crippen LogP contribution >= 0.6 is 11.6 Å². The first-order valence-electron chi connectivity index (χ1n) is 8.60. The lowest BCUT2D eigenvalue weighted by atomic mass is 9.87. The molecule has 0 aliphatic heterocycles. The molecule has 0 aliphatic rings. The van der Waals surface area contributed by atoms with Crippen molar-refractivity contribution in [2.24, 2.45) is 5.92 Å². The molecular weight excluding hydrogens is 278 g/mol. The molecule has 0 saturated heterocycles. The molecule has 1 rings (SSSR count). The lowest BCUT2D eigenvalue weighted by Crippen LogP contribution is -2.38. The topological polar surface area (TPSA) is 12.0 Å². The molecule has 2 atom stereocenters. The molecule has 0 amide bonds. The van der Waals surface area contributed by atoms with E-state index in [1.807, 2.05) is 0 Å². The lowest BCUT2D eigenvalue weighted by molar-refractivity contribution is 0.315. The number of benzene rings is 1. The van der Waals surface area contributed by atoms with Crippen molar-refractivity contribution in [2.45, 2.75) is 72.3 Å². The lowest BCUT2D eigenvalue weighted by Gasteiger charge is -2.28. The van der Waals surface area contributed by atoms with E-state index < -0.39 is 0 Å². The molecule has 120 valence electrons. The number of nitrogens with one attached hydrogen (secondary N) is 1. The number of rotatable bonds is 10. The molecule has 2 heteroatoms. The molecule has 2 unspecified atom stereocenters. The number of halogens is 1. The Bertz CT molecular complexity index is 403. The van der Waals surface area contributed by atoms with Gasteiger partial charge in [-0.25, -0.2) is 0 Å². The quantitative estimate of drug-likeness (QED) is 0.578. The SMILES string of the molecule is CCCCC(CC)C(Cc1ccc(C)cc1Cl)NCCC. The molecule has 0 saturated carbocycles. The number of aryl methyl sites for hydroxylation is 1. The minimum atomic E-state index is 0.543. The fourth-order valence-electron chi connectivity index (χ4n) is 2.95. The van der Waals surface area contributed by atoms with Crippen molar-refractivity contribution in [3.8, 4) is 0 Å². The second-order valence-corrected chi connectivity index (χ2v) is 6.58. The molecule has 1 N–H and O–H groups in total. The van der Waals surface area contributed by atoms with E-state index in [1.54, 1.807) is 0 Å². The van der Waals surface area contributed by atoms with Gasteiger partial charge < -0.3 is 5.32 Å². The highest BCUT2D eigenvalue weighted by molar-refractivity contribution is 6.31. The fraction of sp³-hybridized carbons (Fsp3) is 0.684. The van der Waals surface area contributed by atoms with Crippen LogP contribution in [-0.4, -0.2) is 12.6 Å². The zero-order valence-corrected chi connectivity index (χ0v) is 15.0. The summed E-state index contributed by atoms with van der Waals surface area (Å²) in [6.07, 6.45) is 7.39. The van der Waals surface area contributed by atoms with Crippen LogP contribution in [0.2, 0.25) is 5.02 Å². The van der Waals surface area contributed by atoms with E-state index in [0.29, 0.717) is 6.04 Å². The van der Waals surface area contributed by atoms with Crippen molar-refractivity contribution >= 4 is 11.6 Å². The van der Waals surface area contributed by atoms with Crippen LogP contribution in [0.1, 0.15) is 64.0 Å². The largest absolute Gasteiger partial charge is 0.313 e. The first-order chi connectivity index (χ1) is 10.1. The minimum absolute atomic E-state index is 0.543. The average Bonchev–Trinajstić information content (AvgIpc) is 2.47. The predicted molar refractivity (Wildman–Crippen MR) is 95.3 cm³/mol. The summed E-state index contributed by atoms with van der Waals surface area (Å²) in [6, 6.07) is 7.00. The summed E-state index contributed by atoms with van der Waals surface area (Å²) < 4.78 is 0. The molecule has 0 heterocycles. The summed E-state index contributed by atoms with van der Waals surface area (Å²) in [4.78, 5) is 0. The van der Waals surface area contributed by atoms with Gasteiger partial charge in [0.05, 0.1) is 0 Å². The summed E-state index contributed by atoms with van der Waals surface area (Å²) >= 11 is 6.43. The summed E-state index contributed by atoms with van der Waals surface area (Å²) in [6.45, 7) is 10.0. The normalized spacial score (nSPS) is 14.1. The molecular formula is C19H32ClN. The Morgan fingerprint density at radius 1 is 1.14 bits per heavy atom. The van der Waals surface area contributed by atoms with E-state index in [2.05, 4.69) is 51.2 Å². The smallest absolute Gasteiger partial charge is 0.0441 e. The average molecular weight is 310 g/mol. The van der Waals surface area contributed by atoms with Crippen LogP contribution in [0.5, 0.6) is 0 Å². The molecule has 0 fully saturated rings. The molecule has 0 aromatic heterocycles. The summed E-state index contributed by atoms with van der Waals surface area (Å²) in [5.74, 6) is 0.744. The summed E-state index contributed by atoms with van der Waals surface area (Å²) in [5.41, 5.74) is 2.52. The van der Waals surface area contributed by atoms with E-state index in [0.717, 1.165) is 23.9 Å². The highest BCUT2D eigenvalue weighted by atomic mass is 35.5. The minimum Gasteiger partial charge on any atom is -0.313 e. The van der Waals surface area contributed by atoms with Crippen molar-refractivity contribution in [3.05, 3.63) is 34.3 Å². The maximum absolute atomic E-state index is 6.43. The van der Waals surface area contributed by atoms with E-state index in [9.17, 15) is 0 Å². The van der Waals surface area contributed by atoms with E-state index in [4.69, 9.17) is 11.6 Å². The van der Waals surface area contributed by atoms with Gasteiger partial charge in [-0.15, -0.1) is 0 Å². The van der Waals surface area contributed by atoms with Crippen molar-refractivity contribution < 1.29 is 0 Å². The summed E-state index contributed by atoms with van der Waals surface area (Å²) in [5, 5.41) is 4.68. The maximum Gasteiger partial charge on any atom is 0.0441 e. The predicted octanol–water partition coefficient (Wildman–Crippen LogP) is 5.78. The van der Waals surface area contributed by atoms with Gasteiger partial charge in [0.2, 0.25) is 0 Å². The van der Waals surface area contributed by atoms with Crippen molar-refractivity contribution in [1.82, 2.24) is 5.32 Å². The third kappa shape index (κ3) is 6.40. The van der Waals surface area contributed by atoms with Crippen LogP contribution in [-0.2, 0) is 6.42 Å². The third-order valence-electron chi connectivity index (χ3n) is 4.33. The van der Waals surface area contributed by atoms with Crippen LogP contribution in [0.25, 0.3) is 0 Å². The van der Waals surface area contributed by atoms with Crippen LogP contribution in [0.3, 0.4) is 0 Å². The van der Waals surface area contributed by atoms with Crippen molar-refractivity contribution in [1.29, 1.82) is 0 Å². The Labute approximate surface area is 136 Å². The Morgan fingerprint density at radius 3 is 2.48 bits per heavy atom. The zero-order valence-electron chi connectivity index (χ0n) is 14.2. The molecule has 1 aromatic carbocycles. The van der Waals surface area contributed by atoms with Crippen LogP contribution in [0.4, 0.5) is 0 Å². The van der Waals surface area contributed by atoms with Crippen molar-refractivity contribution in [3.63, 3.8) is 0 Å². The number of hydrogen-bond donors (Lipinski definition) is 1. The van der Waals surface area contributed by atoms with Crippen LogP contribution in [0.15, 0.2) is 18.2 Å². The Morgan fingerprint density at radius 2 is 1.90 bits per heavy atom. The first kappa shape index (κ1) is 18.5. The van der Waals surface area contributed by atoms with Crippen LogP contribution < -0.4 is 5.32 Å². The first-order valence-corrected chi connectivity index (χ1v) is 8.98. The van der Waals surface area contributed by atoms with Gasteiger partial charge in [-0.1, -0.05) is 63.8 Å². The molecule has 0 spiro atoms. The molecule has 0 aliphatic carbocycles. The van der Waals surface area contributed by atoms with E-state index in [1.165, 1.54) is 43.2 Å². The van der Waals surface area contributed by atoms with E-state index in [-0.39, 0.29) is 0 Å². The van der Waals surface area contributed by atoms with Gasteiger partial charge in [-0.2, -0.15) is 0 Å². The highest BCUT2D eigenvalue weighted by Gasteiger charge is 2.20. The fourth-order valence-corrected chi connectivity index (χ4v) is 3.26. The highest BCUT2D eigenvalue weighted by Crippen LogP contribution is 2.24. The third-order valence-corrected chi connectivity index (χ3v) is 4.68. The maximum atomic E-state index is 6.43. The standard InChI is InChI=1S/C19H32ClN/c1-5-8-9-16(7-3)19(21-12-6-2)14-17-11-10-15(4)13-18(17)20/h10-11,13,16,19,21H,5-9,12,14H2,1-4H3. The van der Waals surface area contributed by atoms with Crippen molar-refractivity contribution in [2.75, 3.05) is 6.54 Å².